The second-order valence-electron chi connectivity index (χ2n) is 5.47. The molecule has 1 aromatic rings. The Kier molecular flexibility index (Phi) is 4.58. The molecule has 0 bridgehead atoms. The van der Waals surface area contributed by atoms with Crippen molar-refractivity contribution in [2.45, 2.75) is 30.2 Å². The molecule has 21 heavy (non-hydrogen) atoms. The van der Waals surface area contributed by atoms with E-state index in [0.717, 1.165) is 16.4 Å². The third kappa shape index (κ3) is 3.06. The van der Waals surface area contributed by atoms with Crippen molar-refractivity contribution in [2.24, 2.45) is 0 Å². The molecule has 0 radical (unpaired) electrons. The first-order valence-corrected chi connectivity index (χ1v) is 8.32. The molecule has 0 aliphatic carbocycles. The minimum atomic E-state index is -4.18. The van der Waals surface area contributed by atoms with Gasteiger partial charge in [0.2, 0.25) is 10.0 Å². The zero-order chi connectivity index (χ0) is 15.8. The van der Waals surface area contributed by atoms with Crippen molar-refractivity contribution in [1.29, 1.82) is 0 Å². The maximum atomic E-state index is 14.0. The maximum Gasteiger partial charge on any atom is 0.246 e. The van der Waals surface area contributed by atoms with Crippen molar-refractivity contribution in [1.82, 2.24) is 4.31 Å². The fourth-order valence-electron chi connectivity index (χ4n) is 2.29. The summed E-state index contributed by atoms with van der Waals surface area (Å²) in [6.45, 7) is 3.82. The van der Waals surface area contributed by atoms with E-state index in [1.54, 1.807) is 13.8 Å². The predicted octanol–water partition coefficient (Wildman–Crippen LogP) is 2.50. The summed E-state index contributed by atoms with van der Waals surface area (Å²) in [4.78, 5) is -0.687. The summed E-state index contributed by atoms with van der Waals surface area (Å²) in [6.07, 6.45) is 0. The molecule has 0 aromatic heterocycles. The molecule has 0 saturated carbocycles. The van der Waals surface area contributed by atoms with Crippen LogP contribution in [0.1, 0.15) is 19.4 Å². The molecule has 4 nitrogen and oxygen atoms in total. The van der Waals surface area contributed by atoms with E-state index in [0.29, 0.717) is 0 Å². The van der Waals surface area contributed by atoms with Crippen molar-refractivity contribution >= 4 is 21.6 Å². The van der Waals surface area contributed by atoms with Crippen molar-refractivity contribution in [3.05, 3.63) is 29.3 Å². The largest absolute Gasteiger partial charge is 0.378 e. The van der Waals surface area contributed by atoms with Crippen LogP contribution in [-0.4, -0.2) is 38.0 Å². The molecule has 0 atom stereocenters. The highest BCUT2D eigenvalue weighted by Gasteiger charge is 2.41. The first-order valence-electron chi connectivity index (χ1n) is 6.34. The molecule has 1 aliphatic rings. The topological polar surface area (TPSA) is 46.6 Å². The molecule has 1 fully saturated rings. The quantitative estimate of drug-likeness (QED) is 0.795. The summed E-state index contributed by atoms with van der Waals surface area (Å²) in [6, 6.07) is 1.97. The lowest BCUT2D eigenvalue weighted by atomic mass is 10.1. The van der Waals surface area contributed by atoms with Crippen LogP contribution >= 0.6 is 11.6 Å². The number of morpholine rings is 1. The summed E-state index contributed by atoms with van der Waals surface area (Å²) in [7, 11) is -4.18. The molecule has 1 aromatic carbocycles. The number of hydrogen-bond donors (Lipinski definition) is 0. The van der Waals surface area contributed by atoms with Gasteiger partial charge in [0.05, 0.1) is 18.8 Å². The Balaban J connectivity index is 2.56. The number of ether oxygens (including phenoxy) is 1. The first kappa shape index (κ1) is 16.6. The molecular formula is C13H16ClF2NO3S. The van der Waals surface area contributed by atoms with E-state index in [1.807, 2.05) is 0 Å². The number of benzene rings is 1. The average Bonchev–Trinajstić information content (AvgIpc) is 2.40. The summed E-state index contributed by atoms with van der Waals surface area (Å²) in [5.74, 6) is -2.71. The van der Waals surface area contributed by atoms with Crippen molar-refractivity contribution in [3.63, 3.8) is 0 Å². The lowest BCUT2D eigenvalue weighted by molar-refractivity contribution is -0.00781. The van der Waals surface area contributed by atoms with E-state index >= 15 is 0 Å². The van der Waals surface area contributed by atoms with Gasteiger partial charge in [0.15, 0.2) is 11.6 Å². The molecular weight excluding hydrogens is 324 g/mol. The van der Waals surface area contributed by atoms with Crippen LogP contribution in [0.4, 0.5) is 8.78 Å². The van der Waals surface area contributed by atoms with Crippen LogP contribution in [0.2, 0.25) is 0 Å². The Bertz CT molecular complexity index is 649. The second-order valence-corrected chi connectivity index (χ2v) is 7.56. The minimum absolute atomic E-state index is 0.0848. The Labute approximate surface area is 127 Å². The standard InChI is InChI=1S/C13H16ClF2NO3S/c1-13(2)8-20-4-3-17(13)21(18,19)11-6-9(7-14)5-10(15)12(11)16/h5-6H,3-4,7-8H2,1-2H3. The van der Waals surface area contributed by atoms with Gasteiger partial charge in [-0.05, 0) is 31.5 Å². The van der Waals surface area contributed by atoms with Crippen LogP contribution in [0.15, 0.2) is 17.0 Å². The van der Waals surface area contributed by atoms with E-state index in [9.17, 15) is 17.2 Å². The molecule has 1 aliphatic heterocycles. The van der Waals surface area contributed by atoms with Crippen LogP contribution in [0, 0.1) is 11.6 Å². The third-order valence-electron chi connectivity index (χ3n) is 3.35. The zero-order valence-corrected chi connectivity index (χ0v) is 13.3. The molecule has 0 N–H and O–H groups in total. The van der Waals surface area contributed by atoms with E-state index in [-0.39, 0.29) is 31.2 Å². The Morgan fingerprint density at radius 1 is 1.38 bits per heavy atom. The van der Waals surface area contributed by atoms with Crippen LogP contribution in [0.25, 0.3) is 0 Å². The fourth-order valence-corrected chi connectivity index (χ4v) is 4.32. The average molecular weight is 340 g/mol. The second kappa shape index (κ2) is 5.79. The summed E-state index contributed by atoms with van der Waals surface area (Å²) >= 11 is 5.60. The van der Waals surface area contributed by atoms with E-state index in [4.69, 9.17) is 16.3 Å². The number of sulfonamides is 1. The maximum absolute atomic E-state index is 14.0. The highest BCUT2D eigenvalue weighted by molar-refractivity contribution is 7.89. The minimum Gasteiger partial charge on any atom is -0.378 e. The smallest absolute Gasteiger partial charge is 0.246 e. The van der Waals surface area contributed by atoms with Crippen LogP contribution in [-0.2, 0) is 20.6 Å². The molecule has 1 heterocycles. The molecule has 0 spiro atoms. The monoisotopic (exact) mass is 339 g/mol. The highest BCUT2D eigenvalue weighted by Crippen LogP contribution is 2.30. The van der Waals surface area contributed by atoms with Gasteiger partial charge in [-0.15, -0.1) is 11.6 Å². The zero-order valence-electron chi connectivity index (χ0n) is 11.7. The molecule has 2 rings (SSSR count). The van der Waals surface area contributed by atoms with Gasteiger partial charge in [-0.2, -0.15) is 4.31 Å². The number of halogens is 3. The van der Waals surface area contributed by atoms with Crippen LogP contribution in [0.5, 0.6) is 0 Å². The van der Waals surface area contributed by atoms with E-state index < -0.39 is 32.1 Å². The Morgan fingerprint density at radius 2 is 2.05 bits per heavy atom. The van der Waals surface area contributed by atoms with Gasteiger partial charge < -0.3 is 4.74 Å². The fraction of sp³-hybridized carbons (Fsp3) is 0.538. The number of alkyl halides is 1. The number of rotatable bonds is 3. The third-order valence-corrected chi connectivity index (χ3v) is 5.76. The van der Waals surface area contributed by atoms with Gasteiger partial charge in [0.1, 0.15) is 4.90 Å². The molecule has 1 saturated heterocycles. The molecule has 8 heteroatoms. The number of hydrogen-bond acceptors (Lipinski definition) is 3. The Hall–Kier alpha value is -0.760. The first-order chi connectivity index (χ1) is 9.70. The van der Waals surface area contributed by atoms with E-state index in [1.165, 1.54) is 0 Å². The summed E-state index contributed by atoms with van der Waals surface area (Å²) < 4.78 is 59.3. The predicted molar refractivity (Wildman–Crippen MR) is 74.7 cm³/mol. The highest BCUT2D eigenvalue weighted by atomic mass is 35.5. The van der Waals surface area contributed by atoms with Gasteiger partial charge in [0.25, 0.3) is 0 Å². The van der Waals surface area contributed by atoms with Crippen molar-refractivity contribution in [3.8, 4) is 0 Å². The summed E-state index contributed by atoms with van der Waals surface area (Å²) in [5, 5.41) is 0. The lowest BCUT2D eigenvalue weighted by Gasteiger charge is -2.40. The molecule has 0 unspecified atom stereocenters. The van der Waals surface area contributed by atoms with Crippen LogP contribution in [0.3, 0.4) is 0 Å². The van der Waals surface area contributed by atoms with Gasteiger partial charge in [-0.25, -0.2) is 17.2 Å². The lowest BCUT2D eigenvalue weighted by Crippen LogP contribution is -2.55. The SMILES string of the molecule is CC1(C)COCCN1S(=O)(=O)c1cc(CCl)cc(F)c1F. The molecule has 118 valence electrons. The number of nitrogens with zero attached hydrogens (tertiary/aromatic N) is 1. The van der Waals surface area contributed by atoms with Crippen LogP contribution < -0.4 is 0 Å². The van der Waals surface area contributed by atoms with Crippen molar-refractivity contribution < 1.29 is 21.9 Å². The summed E-state index contributed by atoms with van der Waals surface area (Å²) in [5.41, 5.74) is -0.628. The van der Waals surface area contributed by atoms with Gasteiger partial charge in [-0.1, -0.05) is 0 Å². The molecule has 0 amide bonds. The normalized spacial score (nSPS) is 19.7. The Morgan fingerprint density at radius 3 is 2.62 bits per heavy atom. The van der Waals surface area contributed by atoms with Gasteiger partial charge in [0, 0.05) is 12.4 Å². The van der Waals surface area contributed by atoms with Gasteiger partial charge >= 0.3 is 0 Å². The van der Waals surface area contributed by atoms with Crippen molar-refractivity contribution in [2.75, 3.05) is 19.8 Å². The van der Waals surface area contributed by atoms with E-state index in [2.05, 4.69) is 0 Å². The van der Waals surface area contributed by atoms with Gasteiger partial charge in [-0.3, -0.25) is 0 Å².